The van der Waals surface area contributed by atoms with Gasteiger partial charge in [-0.25, -0.2) is 8.42 Å². The fourth-order valence-corrected chi connectivity index (χ4v) is 1.78. The predicted octanol–water partition coefficient (Wildman–Crippen LogP) is -0.750. The smallest absolute Gasteiger partial charge is 0.149 e. The van der Waals surface area contributed by atoms with E-state index < -0.39 is 9.84 Å². The summed E-state index contributed by atoms with van der Waals surface area (Å²) in [6.07, 6.45) is 3.09. The second-order valence-electron chi connectivity index (χ2n) is 3.33. The van der Waals surface area contributed by atoms with Crippen LogP contribution >= 0.6 is 0 Å². The first kappa shape index (κ1) is 11.1. The topological polar surface area (TPSA) is 90.9 Å². The van der Waals surface area contributed by atoms with Crippen LogP contribution in [0.1, 0.15) is 18.3 Å². The van der Waals surface area contributed by atoms with Crippen molar-refractivity contribution in [2.24, 2.45) is 12.8 Å². The third-order valence-corrected chi connectivity index (χ3v) is 2.85. The highest BCUT2D eigenvalue weighted by Gasteiger charge is 2.14. The summed E-state index contributed by atoms with van der Waals surface area (Å²) in [6, 6.07) is -0.378. The van der Waals surface area contributed by atoms with Crippen molar-refractivity contribution in [1.29, 1.82) is 0 Å². The molecule has 0 aliphatic carbocycles. The van der Waals surface area contributed by atoms with Crippen molar-refractivity contribution in [2.45, 2.75) is 12.5 Å². The van der Waals surface area contributed by atoms with Crippen LogP contribution in [0.25, 0.3) is 0 Å². The molecule has 0 fully saturated rings. The molecule has 0 aliphatic rings. The molecule has 1 aromatic rings. The molecule has 1 heterocycles. The van der Waals surface area contributed by atoms with E-state index in [2.05, 4.69) is 10.2 Å². The maximum Gasteiger partial charge on any atom is 0.149 e. The first-order valence-electron chi connectivity index (χ1n) is 4.17. The van der Waals surface area contributed by atoms with Crippen LogP contribution in [0.4, 0.5) is 0 Å². The molecule has 1 rings (SSSR count). The minimum absolute atomic E-state index is 0.0705. The Labute approximate surface area is 83.0 Å². The Kier molecular flexibility index (Phi) is 3.22. The van der Waals surface area contributed by atoms with Gasteiger partial charge in [-0.2, -0.15) is 0 Å². The summed E-state index contributed by atoms with van der Waals surface area (Å²) in [6.45, 7) is 0. The minimum atomic E-state index is -2.96. The number of nitrogens with two attached hydrogens (primary N) is 1. The van der Waals surface area contributed by atoms with Gasteiger partial charge in [0.2, 0.25) is 0 Å². The number of aromatic nitrogens is 3. The summed E-state index contributed by atoms with van der Waals surface area (Å²) in [4.78, 5) is 0. The number of nitrogens with zero attached hydrogens (tertiary/aromatic N) is 3. The summed E-state index contributed by atoms with van der Waals surface area (Å²) in [5.74, 6) is 0.676. The lowest BCUT2D eigenvalue weighted by Crippen LogP contribution is -2.19. The van der Waals surface area contributed by atoms with Gasteiger partial charge in [0.15, 0.2) is 0 Å². The highest BCUT2D eigenvalue weighted by molar-refractivity contribution is 7.90. The number of aryl methyl sites for hydroxylation is 1. The van der Waals surface area contributed by atoms with E-state index in [1.54, 1.807) is 11.6 Å². The molecule has 1 atom stereocenters. The average Bonchev–Trinajstić information content (AvgIpc) is 2.46. The molecule has 80 valence electrons. The zero-order valence-electron chi connectivity index (χ0n) is 8.21. The van der Waals surface area contributed by atoms with Crippen molar-refractivity contribution in [3.8, 4) is 0 Å². The second kappa shape index (κ2) is 4.05. The van der Waals surface area contributed by atoms with E-state index >= 15 is 0 Å². The molecule has 2 N–H and O–H groups in total. The molecule has 0 aliphatic heterocycles. The normalized spacial score (nSPS) is 14.2. The van der Waals surface area contributed by atoms with Crippen molar-refractivity contribution in [2.75, 3.05) is 12.0 Å². The van der Waals surface area contributed by atoms with E-state index in [0.717, 1.165) is 0 Å². The van der Waals surface area contributed by atoms with Crippen LogP contribution in [0.15, 0.2) is 6.33 Å². The zero-order chi connectivity index (χ0) is 10.8. The molecule has 1 unspecified atom stereocenters. The van der Waals surface area contributed by atoms with Gasteiger partial charge in [-0.15, -0.1) is 10.2 Å². The molecule has 6 nitrogen and oxygen atoms in total. The molecule has 14 heavy (non-hydrogen) atoms. The lowest BCUT2D eigenvalue weighted by Gasteiger charge is -2.09. The van der Waals surface area contributed by atoms with Crippen LogP contribution < -0.4 is 5.73 Å². The van der Waals surface area contributed by atoms with E-state index in [-0.39, 0.29) is 11.8 Å². The Hall–Kier alpha value is -0.950. The molecule has 1 aromatic heterocycles. The maximum atomic E-state index is 10.9. The molecule has 0 aromatic carbocycles. The van der Waals surface area contributed by atoms with Gasteiger partial charge in [0.05, 0.1) is 11.8 Å². The third kappa shape index (κ3) is 3.08. The highest BCUT2D eigenvalue weighted by Crippen LogP contribution is 2.10. The van der Waals surface area contributed by atoms with E-state index in [0.29, 0.717) is 12.2 Å². The van der Waals surface area contributed by atoms with E-state index in [1.807, 2.05) is 0 Å². The Bertz CT molecular complexity index is 398. The lowest BCUT2D eigenvalue weighted by molar-refractivity contribution is 0.579. The van der Waals surface area contributed by atoms with Gasteiger partial charge in [0, 0.05) is 13.3 Å². The first-order valence-corrected chi connectivity index (χ1v) is 6.23. The number of sulfone groups is 1. The van der Waals surface area contributed by atoms with Crippen LogP contribution in [0, 0.1) is 0 Å². The largest absolute Gasteiger partial charge is 0.321 e. The SMILES string of the molecule is Cn1cnnc1C(N)CCS(C)(=O)=O. The molecule has 0 amide bonds. The van der Waals surface area contributed by atoms with E-state index in [1.165, 1.54) is 12.6 Å². The average molecular weight is 218 g/mol. The van der Waals surface area contributed by atoms with Crippen molar-refractivity contribution in [3.63, 3.8) is 0 Å². The van der Waals surface area contributed by atoms with Gasteiger partial charge in [-0.3, -0.25) is 0 Å². The number of rotatable bonds is 4. The Morgan fingerprint density at radius 2 is 2.29 bits per heavy atom. The quantitative estimate of drug-likeness (QED) is 0.718. The van der Waals surface area contributed by atoms with Gasteiger partial charge >= 0.3 is 0 Å². The summed E-state index contributed by atoms with van der Waals surface area (Å²) in [5.41, 5.74) is 5.76. The first-order chi connectivity index (χ1) is 6.40. The van der Waals surface area contributed by atoms with E-state index in [4.69, 9.17) is 5.73 Å². The number of hydrogen-bond acceptors (Lipinski definition) is 5. The van der Waals surface area contributed by atoms with Crippen molar-refractivity contribution < 1.29 is 8.42 Å². The molecule has 0 radical (unpaired) electrons. The second-order valence-corrected chi connectivity index (χ2v) is 5.58. The maximum absolute atomic E-state index is 10.9. The Balaban J connectivity index is 2.60. The van der Waals surface area contributed by atoms with Crippen LogP contribution in [0.2, 0.25) is 0 Å². The summed E-state index contributed by atoms with van der Waals surface area (Å²) in [5, 5.41) is 7.48. The summed E-state index contributed by atoms with van der Waals surface area (Å²) >= 11 is 0. The van der Waals surface area contributed by atoms with Crippen LogP contribution in [-0.2, 0) is 16.9 Å². The fourth-order valence-electron chi connectivity index (χ4n) is 1.10. The van der Waals surface area contributed by atoms with Crippen molar-refractivity contribution >= 4 is 9.84 Å². The summed E-state index contributed by atoms with van der Waals surface area (Å²) < 4.78 is 23.5. The number of hydrogen-bond donors (Lipinski definition) is 1. The Morgan fingerprint density at radius 3 is 2.71 bits per heavy atom. The van der Waals surface area contributed by atoms with Gasteiger partial charge in [0.25, 0.3) is 0 Å². The standard InChI is InChI=1S/C7H14N4O2S/c1-11-5-9-10-7(11)6(8)3-4-14(2,12)13/h5-6H,3-4,8H2,1-2H3. The highest BCUT2D eigenvalue weighted by atomic mass is 32.2. The molecule has 0 bridgehead atoms. The molecule has 0 spiro atoms. The zero-order valence-corrected chi connectivity index (χ0v) is 9.03. The molecule has 7 heteroatoms. The minimum Gasteiger partial charge on any atom is -0.321 e. The van der Waals surface area contributed by atoms with Crippen LogP contribution in [-0.4, -0.2) is 35.2 Å². The van der Waals surface area contributed by atoms with Gasteiger partial charge in [-0.05, 0) is 6.42 Å². The Morgan fingerprint density at radius 1 is 1.64 bits per heavy atom. The molecular formula is C7H14N4O2S. The summed E-state index contributed by atoms with van der Waals surface area (Å²) in [7, 11) is -1.19. The molecule has 0 saturated heterocycles. The van der Waals surface area contributed by atoms with E-state index in [9.17, 15) is 8.42 Å². The van der Waals surface area contributed by atoms with Crippen LogP contribution in [0.3, 0.4) is 0 Å². The van der Waals surface area contributed by atoms with Gasteiger partial charge < -0.3 is 10.3 Å². The predicted molar refractivity (Wildman–Crippen MR) is 52.3 cm³/mol. The van der Waals surface area contributed by atoms with Gasteiger partial charge in [0.1, 0.15) is 22.0 Å². The van der Waals surface area contributed by atoms with Crippen LogP contribution in [0.5, 0.6) is 0 Å². The van der Waals surface area contributed by atoms with Crippen molar-refractivity contribution in [1.82, 2.24) is 14.8 Å². The molecule has 0 saturated carbocycles. The van der Waals surface area contributed by atoms with Gasteiger partial charge in [-0.1, -0.05) is 0 Å². The third-order valence-electron chi connectivity index (χ3n) is 1.88. The monoisotopic (exact) mass is 218 g/mol. The van der Waals surface area contributed by atoms with Crippen molar-refractivity contribution in [3.05, 3.63) is 12.2 Å². The lowest BCUT2D eigenvalue weighted by atomic mass is 10.2. The fraction of sp³-hybridized carbons (Fsp3) is 0.714. The molecular weight excluding hydrogens is 204 g/mol.